The molecule has 0 aromatic heterocycles. The number of hydrogen-bond donors (Lipinski definition) is 1. The summed E-state index contributed by atoms with van der Waals surface area (Å²) in [6.45, 7) is 4.68. The smallest absolute Gasteiger partial charge is 0.325 e. The Bertz CT molecular complexity index is 276. The van der Waals surface area contributed by atoms with Crippen LogP contribution in [0.1, 0.15) is 32.6 Å². The van der Waals surface area contributed by atoms with Gasteiger partial charge >= 0.3 is 5.97 Å². The SMILES string of the molecule is COC(=O)C1(C)CC(CC2CCOCC2)CN1. The van der Waals surface area contributed by atoms with E-state index in [-0.39, 0.29) is 5.97 Å². The van der Waals surface area contributed by atoms with Crippen molar-refractivity contribution in [1.82, 2.24) is 5.32 Å². The summed E-state index contributed by atoms with van der Waals surface area (Å²) in [5.41, 5.74) is -0.468. The number of carbonyl (C=O) groups is 1. The summed E-state index contributed by atoms with van der Waals surface area (Å²) in [6, 6.07) is 0. The second-order valence-electron chi connectivity index (χ2n) is 5.57. The van der Waals surface area contributed by atoms with Crippen molar-refractivity contribution >= 4 is 5.97 Å². The Hall–Kier alpha value is -0.610. The zero-order valence-electron chi connectivity index (χ0n) is 10.8. The Balaban J connectivity index is 1.82. The van der Waals surface area contributed by atoms with Gasteiger partial charge in [0.25, 0.3) is 0 Å². The Kier molecular flexibility index (Phi) is 4.05. The zero-order valence-corrected chi connectivity index (χ0v) is 10.8. The third-order valence-electron chi connectivity index (χ3n) is 4.12. The van der Waals surface area contributed by atoms with Crippen molar-refractivity contribution < 1.29 is 14.3 Å². The molecule has 17 heavy (non-hydrogen) atoms. The summed E-state index contributed by atoms with van der Waals surface area (Å²) in [5, 5.41) is 3.32. The number of ether oxygens (including phenoxy) is 2. The Morgan fingerprint density at radius 3 is 2.76 bits per heavy atom. The van der Waals surface area contributed by atoms with E-state index in [9.17, 15) is 4.79 Å². The molecule has 0 aromatic carbocycles. The van der Waals surface area contributed by atoms with Crippen molar-refractivity contribution in [1.29, 1.82) is 0 Å². The van der Waals surface area contributed by atoms with Gasteiger partial charge in [0.2, 0.25) is 0 Å². The number of hydrogen-bond acceptors (Lipinski definition) is 4. The Morgan fingerprint density at radius 2 is 2.12 bits per heavy atom. The molecule has 2 fully saturated rings. The molecule has 0 aliphatic carbocycles. The van der Waals surface area contributed by atoms with Crippen molar-refractivity contribution in [2.45, 2.75) is 38.1 Å². The zero-order chi connectivity index (χ0) is 12.3. The van der Waals surface area contributed by atoms with E-state index < -0.39 is 5.54 Å². The molecule has 0 spiro atoms. The maximum absolute atomic E-state index is 11.7. The minimum absolute atomic E-state index is 0.132. The number of methoxy groups -OCH3 is 1. The lowest BCUT2D eigenvalue weighted by atomic mass is 9.85. The van der Waals surface area contributed by atoms with Crippen LogP contribution in [0.2, 0.25) is 0 Å². The molecule has 2 aliphatic heterocycles. The summed E-state index contributed by atoms with van der Waals surface area (Å²) < 4.78 is 10.2. The number of rotatable bonds is 3. The van der Waals surface area contributed by atoms with Crippen LogP contribution in [0.15, 0.2) is 0 Å². The third kappa shape index (κ3) is 2.99. The number of esters is 1. The normalized spacial score (nSPS) is 34.8. The van der Waals surface area contributed by atoms with Crippen molar-refractivity contribution in [3.05, 3.63) is 0 Å². The van der Waals surface area contributed by atoms with E-state index in [1.165, 1.54) is 26.4 Å². The first kappa shape index (κ1) is 12.8. The van der Waals surface area contributed by atoms with Crippen LogP contribution in [0, 0.1) is 11.8 Å². The molecule has 0 bridgehead atoms. The van der Waals surface area contributed by atoms with E-state index in [0.29, 0.717) is 5.92 Å². The average Bonchev–Trinajstić information content (AvgIpc) is 2.72. The molecule has 2 atom stereocenters. The largest absolute Gasteiger partial charge is 0.468 e. The maximum atomic E-state index is 11.7. The van der Waals surface area contributed by atoms with Gasteiger partial charge in [-0.3, -0.25) is 4.79 Å². The van der Waals surface area contributed by atoms with Crippen molar-refractivity contribution in [3.63, 3.8) is 0 Å². The predicted octanol–water partition coefficient (Wildman–Crippen LogP) is 1.34. The summed E-state index contributed by atoms with van der Waals surface area (Å²) in [6.07, 6.45) is 4.46. The second kappa shape index (κ2) is 5.36. The topological polar surface area (TPSA) is 47.6 Å². The number of carbonyl (C=O) groups excluding carboxylic acids is 1. The molecule has 0 aromatic rings. The molecule has 0 radical (unpaired) electrons. The lowest BCUT2D eigenvalue weighted by molar-refractivity contribution is -0.147. The molecule has 2 aliphatic rings. The second-order valence-corrected chi connectivity index (χ2v) is 5.57. The molecule has 0 saturated carbocycles. The van der Waals surface area contributed by atoms with E-state index in [1.807, 2.05) is 6.92 Å². The Labute approximate surface area is 103 Å². The van der Waals surface area contributed by atoms with E-state index in [4.69, 9.17) is 9.47 Å². The lowest BCUT2D eigenvalue weighted by Crippen LogP contribution is -2.45. The standard InChI is InChI=1S/C13H23NO3/c1-13(12(15)16-2)8-11(9-14-13)7-10-3-5-17-6-4-10/h10-11,14H,3-9H2,1-2H3. The van der Waals surface area contributed by atoms with Crippen LogP contribution in [0.5, 0.6) is 0 Å². The Morgan fingerprint density at radius 1 is 1.41 bits per heavy atom. The van der Waals surface area contributed by atoms with E-state index >= 15 is 0 Å². The quantitative estimate of drug-likeness (QED) is 0.758. The van der Waals surface area contributed by atoms with Gasteiger partial charge in [-0.2, -0.15) is 0 Å². The molecule has 2 rings (SSSR count). The molecule has 2 unspecified atom stereocenters. The van der Waals surface area contributed by atoms with E-state index in [0.717, 1.165) is 32.1 Å². The van der Waals surface area contributed by atoms with E-state index in [2.05, 4.69) is 5.32 Å². The molecule has 2 heterocycles. The van der Waals surface area contributed by atoms with E-state index in [1.54, 1.807) is 0 Å². The summed E-state index contributed by atoms with van der Waals surface area (Å²) in [7, 11) is 1.46. The molecular formula is C13H23NO3. The molecule has 4 heteroatoms. The fourth-order valence-electron chi connectivity index (χ4n) is 3.09. The lowest BCUT2D eigenvalue weighted by Gasteiger charge is -2.25. The van der Waals surface area contributed by atoms with Gasteiger partial charge in [-0.1, -0.05) is 0 Å². The van der Waals surface area contributed by atoms with Crippen molar-refractivity contribution in [3.8, 4) is 0 Å². The highest BCUT2D eigenvalue weighted by Crippen LogP contribution is 2.32. The molecule has 2 saturated heterocycles. The monoisotopic (exact) mass is 241 g/mol. The van der Waals surface area contributed by atoms with Gasteiger partial charge in [0.05, 0.1) is 7.11 Å². The molecular weight excluding hydrogens is 218 g/mol. The van der Waals surface area contributed by atoms with Crippen LogP contribution in [-0.4, -0.2) is 38.4 Å². The third-order valence-corrected chi connectivity index (χ3v) is 4.12. The highest BCUT2D eigenvalue weighted by molar-refractivity contribution is 5.80. The molecule has 0 amide bonds. The molecule has 1 N–H and O–H groups in total. The van der Waals surface area contributed by atoms with Gasteiger partial charge in [0, 0.05) is 13.2 Å². The van der Waals surface area contributed by atoms with Gasteiger partial charge in [-0.05, 0) is 51.0 Å². The summed E-state index contributed by atoms with van der Waals surface area (Å²) >= 11 is 0. The minimum Gasteiger partial charge on any atom is -0.468 e. The highest BCUT2D eigenvalue weighted by atomic mass is 16.5. The minimum atomic E-state index is -0.468. The van der Waals surface area contributed by atoms with Crippen LogP contribution in [0.25, 0.3) is 0 Å². The van der Waals surface area contributed by atoms with Crippen LogP contribution in [-0.2, 0) is 14.3 Å². The van der Waals surface area contributed by atoms with Crippen LogP contribution < -0.4 is 5.32 Å². The first-order valence-electron chi connectivity index (χ1n) is 6.55. The first-order valence-corrected chi connectivity index (χ1v) is 6.55. The van der Waals surface area contributed by atoms with Gasteiger partial charge in [-0.25, -0.2) is 0 Å². The van der Waals surface area contributed by atoms with Crippen molar-refractivity contribution in [2.24, 2.45) is 11.8 Å². The van der Waals surface area contributed by atoms with Crippen LogP contribution >= 0.6 is 0 Å². The average molecular weight is 241 g/mol. The van der Waals surface area contributed by atoms with Gasteiger partial charge in [0.15, 0.2) is 0 Å². The fraction of sp³-hybridized carbons (Fsp3) is 0.923. The van der Waals surface area contributed by atoms with Gasteiger partial charge in [-0.15, -0.1) is 0 Å². The maximum Gasteiger partial charge on any atom is 0.325 e. The number of nitrogens with one attached hydrogen (secondary N) is 1. The summed E-state index contributed by atoms with van der Waals surface area (Å²) in [4.78, 5) is 11.7. The molecule has 98 valence electrons. The highest BCUT2D eigenvalue weighted by Gasteiger charge is 2.42. The van der Waals surface area contributed by atoms with Crippen molar-refractivity contribution in [2.75, 3.05) is 26.9 Å². The van der Waals surface area contributed by atoms with Crippen LogP contribution in [0.3, 0.4) is 0 Å². The van der Waals surface area contributed by atoms with Gasteiger partial charge in [0.1, 0.15) is 5.54 Å². The first-order chi connectivity index (χ1) is 8.14. The summed E-state index contributed by atoms with van der Waals surface area (Å²) in [5.74, 6) is 1.24. The molecule has 4 nitrogen and oxygen atoms in total. The van der Waals surface area contributed by atoms with Gasteiger partial charge < -0.3 is 14.8 Å². The fourth-order valence-corrected chi connectivity index (χ4v) is 3.09. The predicted molar refractivity (Wildman–Crippen MR) is 64.7 cm³/mol. The van der Waals surface area contributed by atoms with Crippen LogP contribution in [0.4, 0.5) is 0 Å².